The first kappa shape index (κ1) is 18.9. The van der Waals surface area contributed by atoms with Crippen molar-refractivity contribution in [2.75, 3.05) is 0 Å². The van der Waals surface area contributed by atoms with Crippen LogP contribution in [0.1, 0.15) is 89.9 Å². The molecule has 2 atom stereocenters. The Labute approximate surface area is 170 Å². The van der Waals surface area contributed by atoms with Crippen molar-refractivity contribution in [3.8, 4) is 0 Å². The zero-order chi connectivity index (χ0) is 19.1. The van der Waals surface area contributed by atoms with Gasteiger partial charge in [0.1, 0.15) is 0 Å². The summed E-state index contributed by atoms with van der Waals surface area (Å²) in [6.07, 6.45) is 16.7. The van der Waals surface area contributed by atoms with E-state index in [1.54, 1.807) is 0 Å². The molecule has 156 valence electrons. The first-order valence-corrected chi connectivity index (χ1v) is 12.3. The van der Waals surface area contributed by atoms with Gasteiger partial charge in [0, 0.05) is 23.9 Å². The van der Waals surface area contributed by atoms with Gasteiger partial charge in [-0.05, 0) is 87.9 Å². The highest BCUT2D eigenvalue weighted by atomic mass is 16.2. The van der Waals surface area contributed by atoms with E-state index in [1.165, 1.54) is 64.2 Å². The summed E-state index contributed by atoms with van der Waals surface area (Å²) in [4.78, 5) is 25.6. The Balaban J connectivity index is 1.07. The molecule has 2 N–H and O–H groups in total. The van der Waals surface area contributed by atoms with E-state index in [2.05, 4.69) is 10.6 Å². The van der Waals surface area contributed by atoms with Gasteiger partial charge in [0.25, 0.3) is 0 Å². The molecule has 7 aliphatic carbocycles. The van der Waals surface area contributed by atoms with Crippen molar-refractivity contribution < 1.29 is 9.59 Å². The average molecular weight is 387 g/mol. The Bertz CT molecular complexity index is 529. The summed E-state index contributed by atoms with van der Waals surface area (Å²) in [6.45, 7) is 0. The van der Waals surface area contributed by atoms with E-state index >= 15 is 0 Å². The lowest BCUT2D eigenvalue weighted by Gasteiger charge is -2.43. The summed E-state index contributed by atoms with van der Waals surface area (Å²) in [6, 6.07) is 0.866. The van der Waals surface area contributed by atoms with Crippen LogP contribution < -0.4 is 10.6 Å². The van der Waals surface area contributed by atoms with Gasteiger partial charge in [0.05, 0.1) is 0 Å². The fraction of sp³-hybridized carbons (Fsp3) is 0.917. The highest BCUT2D eigenvalue weighted by Crippen LogP contribution is 2.42. The van der Waals surface area contributed by atoms with Crippen molar-refractivity contribution in [2.24, 2.45) is 35.5 Å². The van der Waals surface area contributed by atoms with Gasteiger partial charge in [-0.1, -0.05) is 25.7 Å². The second kappa shape index (κ2) is 7.99. The fourth-order valence-corrected chi connectivity index (χ4v) is 7.33. The SMILES string of the molecule is O=C(NC1CC2CCC1CC2)C1CCC(C(=O)NC2CC3CCC2CC3)CC1. The number of hydrogen-bond donors (Lipinski definition) is 2. The van der Waals surface area contributed by atoms with E-state index in [9.17, 15) is 9.59 Å². The van der Waals surface area contributed by atoms with Crippen LogP contribution in [0.3, 0.4) is 0 Å². The summed E-state index contributed by atoms with van der Waals surface area (Å²) in [7, 11) is 0. The summed E-state index contributed by atoms with van der Waals surface area (Å²) in [5.74, 6) is 3.98. The molecule has 28 heavy (non-hydrogen) atoms. The monoisotopic (exact) mass is 386 g/mol. The Kier molecular flexibility index (Phi) is 5.40. The molecular weight excluding hydrogens is 348 g/mol. The Morgan fingerprint density at radius 1 is 0.500 bits per heavy atom. The van der Waals surface area contributed by atoms with Gasteiger partial charge in [0.2, 0.25) is 11.8 Å². The first-order valence-electron chi connectivity index (χ1n) is 12.3. The summed E-state index contributed by atoms with van der Waals surface area (Å²) in [5.41, 5.74) is 0. The zero-order valence-corrected chi connectivity index (χ0v) is 17.3. The fourth-order valence-electron chi connectivity index (χ4n) is 7.33. The van der Waals surface area contributed by atoms with Crippen LogP contribution in [0.4, 0.5) is 0 Å². The van der Waals surface area contributed by atoms with Crippen LogP contribution >= 0.6 is 0 Å². The van der Waals surface area contributed by atoms with Crippen LogP contribution in [0.25, 0.3) is 0 Å². The number of rotatable bonds is 4. The minimum Gasteiger partial charge on any atom is -0.353 e. The third-order valence-electron chi connectivity index (χ3n) is 9.22. The number of hydrogen-bond acceptors (Lipinski definition) is 2. The molecule has 2 amide bonds. The van der Waals surface area contributed by atoms with Gasteiger partial charge in [-0.25, -0.2) is 0 Å². The lowest BCUT2D eigenvalue weighted by Crippen LogP contribution is -2.50. The number of carbonyl (C=O) groups is 2. The van der Waals surface area contributed by atoms with Gasteiger partial charge in [0.15, 0.2) is 0 Å². The molecule has 7 saturated carbocycles. The molecule has 7 fully saturated rings. The predicted octanol–water partition coefficient (Wildman–Crippen LogP) is 4.18. The molecule has 0 saturated heterocycles. The van der Waals surface area contributed by atoms with Crippen molar-refractivity contribution in [2.45, 2.75) is 102 Å². The third kappa shape index (κ3) is 3.85. The van der Waals surface area contributed by atoms with E-state index in [4.69, 9.17) is 0 Å². The molecule has 2 unspecified atom stereocenters. The van der Waals surface area contributed by atoms with Gasteiger partial charge >= 0.3 is 0 Å². The maximum atomic E-state index is 12.8. The second-order valence-electron chi connectivity index (χ2n) is 10.8. The third-order valence-corrected chi connectivity index (χ3v) is 9.22. The molecule has 7 rings (SSSR count). The van der Waals surface area contributed by atoms with Gasteiger partial charge in [-0.15, -0.1) is 0 Å². The van der Waals surface area contributed by atoms with E-state index in [0.717, 1.165) is 49.4 Å². The van der Waals surface area contributed by atoms with Crippen LogP contribution in [0.5, 0.6) is 0 Å². The average Bonchev–Trinajstić information content (AvgIpc) is 2.75. The summed E-state index contributed by atoms with van der Waals surface area (Å²) < 4.78 is 0. The minimum atomic E-state index is 0.134. The maximum absolute atomic E-state index is 12.8. The number of amides is 2. The minimum absolute atomic E-state index is 0.134. The van der Waals surface area contributed by atoms with Crippen molar-refractivity contribution in [3.05, 3.63) is 0 Å². The topological polar surface area (TPSA) is 58.2 Å². The Hall–Kier alpha value is -1.06. The number of carbonyl (C=O) groups excluding carboxylic acids is 2. The molecule has 4 bridgehead atoms. The molecule has 4 nitrogen and oxygen atoms in total. The lowest BCUT2D eigenvalue weighted by molar-refractivity contribution is -0.132. The first-order chi connectivity index (χ1) is 13.7. The lowest BCUT2D eigenvalue weighted by atomic mass is 9.67. The molecule has 0 heterocycles. The number of fused-ring (bicyclic) bond motifs is 6. The largest absolute Gasteiger partial charge is 0.353 e. The predicted molar refractivity (Wildman–Crippen MR) is 109 cm³/mol. The summed E-state index contributed by atoms with van der Waals surface area (Å²) in [5, 5.41) is 6.82. The molecule has 0 aliphatic heterocycles. The van der Waals surface area contributed by atoms with E-state index < -0.39 is 0 Å². The Morgan fingerprint density at radius 2 is 0.857 bits per heavy atom. The Morgan fingerprint density at radius 3 is 1.14 bits per heavy atom. The molecular formula is C24H38N2O2. The van der Waals surface area contributed by atoms with Gasteiger partial charge < -0.3 is 10.6 Å². The van der Waals surface area contributed by atoms with Crippen molar-refractivity contribution in [1.82, 2.24) is 10.6 Å². The normalized spacial score (nSPS) is 44.9. The van der Waals surface area contributed by atoms with Crippen LogP contribution in [0, 0.1) is 35.5 Å². The smallest absolute Gasteiger partial charge is 0.223 e. The van der Waals surface area contributed by atoms with Crippen LogP contribution in [0.2, 0.25) is 0 Å². The van der Waals surface area contributed by atoms with Gasteiger partial charge in [-0.3, -0.25) is 9.59 Å². The van der Waals surface area contributed by atoms with Crippen LogP contribution in [-0.4, -0.2) is 23.9 Å². The maximum Gasteiger partial charge on any atom is 0.223 e. The van der Waals surface area contributed by atoms with E-state index in [-0.39, 0.29) is 23.7 Å². The van der Waals surface area contributed by atoms with E-state index in [0.29, 0.717) is 12.1 Å². The molecule has 0 aromatic heterocycles. The molecule has 4 heteroatoms. The van der Waals surface area contributed by atoms with Crippen molar-refractivity contribution in [1.29, 1.82) is 0 Å². The number of nitrogens with one attached hydrogen (secondary N) is 2. The molecule has 0 aromatic rings. The standard InChI is InChI=1S/C24H38N2O2/c27-23(25-21-13-15-1-5-17(21)6-2-15)19-9-11-20(12-10-19)24(28)26-22-14-16-3-7-18(22)8-4-16/h15-22H,1-14H2,(H,25,27)(H,26,28). The highest BCUT2D eigenvalue weighted by Gasteiger charge is 2.39. The molecule has 0 spiro atoms. The molecule has 0 aromatic carbocycles. The highest BCUT2D eigenvalue weighted by molar-refractivity contribution is 5.81. The van der Waals surface area contributed by atoms with Gasteiger partial charge in [-0.2, -0.15) is 0 Å². The van der Waals surface area contributed by atoms with Crippen LogP contribution in [0.15, 0.2) is 0 Å². The molecule has 0 radical (unpaired) electrons. The van der Waals surface area contributed by atoms with Crippen molar-refractivity contribution >= 4 is 11.8 Å². The van der Waals surface area contributed by atoms with Crippen molar-refractivity contribution in [3.63, 3.8) is 0 Å². The zero-order valence-electron chi connectivity index (χ0n) is 17.3. The second-order valence-corrected chi connectivity index (χ2v) is 10.8. The van der Waals surface area contributed by atoms with E-state index in [1.807, 2.05) is 0 Å². The molecule has 7 aliphatic rings. The van der Waals surface area contributed by atoms with Crippen LogP contribution in [-0.2, 0) is 9.59 Å². The summed E-state index contributed by atoms with van der Waals surface area (Å²) >= 11 is 0. The quantitative estimate of drug-likeness (QED) is 0.761.